The fraction of sp³-hybridized carbons (Fsp3) is 0.282. The summed E-state index contributed by atoms with van der Waals surface area (Å²) in [5, 5.41) is 14.8. The van der Waals surface area contributed by atoms with Gasteiger partial charge in [0.15, 0.2) is 39.6 Å². The van der Waals surface area contributed by atoms with Crippen LogP contribution in [0.15, 0.2) is 60.7 Å². The van der Waals surface area contributed by atoms with E-state index >= 15 is 0 Å². The van der Waals surface area contributed by atoms with E-state index in [1.54, 1.807) is 12.1 Å². The zero-order valence-electron chi connectivity index (χ0n) is 61.6. The van der Waals surface area contributed by atoms with Crippen molar-refractivity contribution >= 4 is 507 Å². The summed E-state index contributed by atoms with van der Waals surface area (Å²) in [5.41, 5.74) is 14.1. The van der Waals surface area contributed by atoms with Crippen molar-refractivity contribution in [3.63, 3.8) is 0 Å². The number of hydrogen-bond acceptors (Lipinski definition) is 27. The Hall–Kier alpha value is -0.0900. The lowest BCUT2D eigenvalue weighted by atomic mass is 10.2. The largest absolute Gasteiger partial charge is 0.491 e. The first-order chi connectivity index (χ1) is 57.4. The average Bonchev–Trinajstić information content (AvgIpc) is 0.837. The first kappa shape index (κ1) is 114. The molecule has 6 aromatic rings. The van der Waals surface area contributed by atoms with Crippen LogP contribution in [0.3, 0.4) is 0 Å². The molecule has 6 aromatic carbocycles. The predicted octanol–water partition coefficient (Wildman–Crippen LogP) is 12.2. The Morgan fingerprint density at radius 2 is 0.516 bits per heavy atom. The summed E-state index contributed by atoms with van der Waals surface area (Å²) in [4.78, 5) is 179. The number of carbonyl (C=O) groups is 15. The molecule has 0 unspecified atom stereocenters. The summed E-state index contributed by atoms with van der Waals surface area (Å²) in [5.74, 6) is -7.56. The molecular weight excluding hydrogens is 3650 g/mol. The number of ketones is 3. The SMILES string of the molecule is Nc1c(I)cc(I)c(OCCC(=O)NCC(=O)OCC(=O)COC(=O)CNC(=O)CCOc2c(I)cc(I)c(N)c2I)c1I.O=C(COC(=O)CC(=O)NCCOc1c(I)cc(I)cc1I)COC(=O)CC(=O)NCCOc1c(I)cc(I)cc1I.O=C(COC(=O)CNC(=O)c1cc(I)cc(I)c1I)COC(=O)CNC(=O)c1cc(I)cc(I)c1I. The van der Waals surface area contributed by atoms with Gasteiger partial charge in [0.1, 0.15) is 75.2 Å². The number of anilines is 2. The van der Waals surface area contributed by atoms with Crippen molar-refractivity contribution in [2.24, 2.45) is 0 Å². The molecule has 0 saturated carbocycles. The Bertz CT molecular complexity index is 4580. The van der Waals surface area contributed by atoms with Gasteiger partial charge in [0, 0.05) is 35.7 Å². The van der Waals surface area contributed by atoms with Gasteiger partial charge in [0.05, 0.1) is 90.2 Å². The smallest absolute Gasteiger partial charge is 0.325 e. The Morgan fingerprint density at radius 3 is 0.820 bits per heavy atom. The van der Waals surface area contributed by atoms with Gasteiger partial charge in [0.25, 0.3) is 11.8 Å². The van der Waals surface area contributed by atoms with Crippen molar-refractivity contribution in [3.05, 3.63) is 136 Å². The second kappa shape index (κ2) is 60.9. The maximum atomic E-state index is 12.4. The van der Waals surface area contributed by atoms with Crippen LogP contribution in [-0.4, -0.2) is 194 Å². The Labute approximate surface area is 942 Å². The van der Waals surface area contributed by atoms with E-state index in [4.69, 9.17) is 58.8 Å². The van der Waals surface area contributed by atoms with Crippen LogP contribution in [0.2, 0.25) is 0 Å². The maximum absolute atomic E-state index is 12.4. The van der Waals surface area contributed by atoms with Gasteiger partial charge in [-0.25, -0.2) is 0 Å². The van der Waals surface area contributed by atoms with E-state index < -0.39 is 167 Å². The fourth-order valence-corrected chi connectivity index (χ4v) is 28.1. The summed E-state index contributed by atoms with van der Waals surface area (Å²) in [6, 6.07) is 18.9. The molecule has 660 valence electrons. The number of ether oxygens (including phenoxy) is 10. The third kappa shape index (κ3) is 44.2. The molecule has 0 aliphatic rings. The lowest BCUT2D eigenvalue weighted by Gasteiger charge is -2.13. The minimum Gasteiger partial charge on any atom is -0.491 e. The molecule has 10 N–H and O–H groups in total. The second-order valence-corrected chi connectivity index (χ2v) is 44.1. The van der Waals surface area contributed by atoms with E-state index in [1.165, 1.54) is 0 Å². The third-order valence-electron chi connectivity index (χ3n) is 13.8. The molecule has 0 radical (unpaired) electrons. The quantitative estimate of drug-likeness (QED) is 0.00335. The topological polar surface area (TPSA) is 473 Å². The van der Waals surface area contributed by atoms with Gasteiger partial charge in [-0.2, -0.15) is 0 Å². The summed E-state index contributed by atoms with van der Waals surface area (Å²) in [7, 11) is 0. The molecule has 0 spiro atoms. The number of nitrogen functional groups attached to an aromatic ring is 2. The Kier molecular flexibility index (Phi) is 57.1. The molecule has 0 aromatic heterocycles. The van der Waals surface area contributed by atoms with Crippen LogP contribution in [0.4, 0.5) is 11.4 Å². The van der Waals surface area contributed by atoms with Gasteiger partial charge in [-0.1, -0.05) is 0 Å². The molecule has 0 bridgehead atoms. The molecule has 0 heterocycles. The number of nitrogens with two attached hydrogens (primary N) is 2. The molecule has 0 aliphatic heterocycles. The highest BCUT2D eigenvalue weighted by Gasteiger charge is 2.24. The van der Waals surface area contributed by atoms with E-state index in [9.17, 15) is 71.9 Å². The van der Waals surface area contributed by atoms with E-state index in [0.29, 0.717) is 34.0 Å². The van der Waals surface area contributed by atoms with Crippen LogP contribution < -0.4 is 62.3 Å². The molecule has 0 fully saturated rings. The lowest BCUT2D eigenvalue weighted by Crippen LogP contribution is -2.34. The first-order valence-corrected chi connectivity index (χ1v) is 52.9. The van der Waals surface area contributed by atoms with Crippen molar-refractivity contribution in [2.45, 2.75) is 25.7 Å². The molecule has 51 heteroatoms. The lowest BCUT2D eigenvalue weighted by molar-refractivity contribution is -0.154. The third-order valence-corrected chi connectivity index (χ3v) is 31.2. The number of esters is 6. The maximum Gasteiger partial charge on any atom is 0.325 e. The summed E-state index contributed by atoms with van der Waals surface area (Å²) < 4.78 is 67.6. The Morgan fingerprint density at radius 1 is 0.262 bits per heavy atom. The number of amides is 6. The number of halogens is 18. The van der Waals surface area contributed by atoms with Gasteiger partial charge in [0.2, 0.25) is 41.0 Å². The normalized spacial score (nSPS) is 10.4. The number of carbonyl (C=O) groups excluding carboxylic acids is 15. The highest BCUT2D eigenvalue weighted by Crippen LogP contribution is 2.37. The van der Waals surface area contributed by atoms with Gasteiger partial charge < -0.3 is 90.7 Å². The van der Waals surface area contributed by atoms with Gasteiger partial charge in [-0.15, -0.1) is 0 Å². The van der Waals surface area contributed by atoms with Crippen molar-refractivity contribution in [3.8, 4) is 23.0 Å². The van der Waals surface area contributed by atoms with Crippen LogP contribution >= 0.6 is 407 Å². The molecular formula is C71H60I18N8O25. The van der Waals surface area contributed by atoms with Gasteiger partial charge in [-0.3, -0.25) is 71.9 Å². The van der Waals surface area contributed by atoms with Crippen LogP contribution in [-0.2, 0) is 90.8 Å². The standard InChI is InChI=1S/C25H24I6N4O9.C25H22I6N2O9.C21H14I6N2O7/c26-12-5-14(28)24(20(30)22(12)32)41-3-1-16(37)34-7-18(39)43-9-11(36)10-44-19(40)8-35-17(38)2-4-42-25-15(29)6-13(27)23(33)21(25)31;26-13-5-16(28)24(17(29)6-13)39-3-1-32-20(35)9-22(37)41-11-15(34)12-42-23(38)10-21(36)33-2-4-40-25-18(30)7-14(27)8-19(25)31;22-9-1-12(18(26)14(24)3-9)20(33)28-5-16(31)35-7-11(30)8-36-17(32)6-29-21(34)13-2-10(23)4-15(25)19(13)27/h5-6H,1-4,7-10,32-33H2,(H,34,37)(H,35,38);5-8H,1-4,9-12H2,(H,32,35)(H,33,36);1-4H,5-8H2,(H,28,33)(H,29,34). The van der Waals surface area contributed by atoms with Crippen molar-refractivity contribution in [1.82, 2.24) is 31.9 Å². The highest BCUT2D eigenvalue weighted by atomic mass is 127. The van der Waals surface area contributed by atoms with Crippen LogP contribution in [0.25, 0.3) is 0 Å². The number of Topliss-reactive ketones (excluding diaryl/α,β-unsaturated/α-hetero) is 3. The first-order valence-electron chi connectivity index (χ1n) is 33.5. The van der Waals surface area contributed by atoms with Crippen LogP contribution in [0.5, 0.6) is 23.0 Å². The van der Waals surface area contributed by atoms with Crippen molar-refractivity contribution in [1.29, 1.82) is 0 Å². The zero-order chi connectivity index (χ0) is 91.2. The Balaban J connectivity index is 0.000000386. The van der Waals surface area contributed by atoms with E-state index in [-0.39, 0.29) is 52.4 Å². The number of benzene rings is 6. The number of hydrogen-bond donors (Lipinski definition) is 8. The van der Waals surface area contributed by atoms with Gasteiger partial charge in [-0.05, 0) is 467 Å². The van der Waals surface area contributed by atoms with E-state index in [1.807, 2.05) is 48.5 Å². The van der Waals surface area contributed by atoms with Crippen LogP contribution in [0.1, 0.15) is 46.4 Å². The number of rotatable bonds is 42. The summed E-state index contributed by atoms with van der Waals surface area (Å²) in [6.45, 7) is -4.78. The van der Waals surface area contributed by atoms with Gasteiger partial charge >= 0.3 is 35.8 Å². The molecule has 0 aliphatic carbocycles. The molecule has 6 rings (SSSR count). The fourth-order valence-electron chi connectivity index (χ4n) is 8.19. The molecule has 122 heavy (non-hydrogen) atoms. The highest BCUT2D eigenvalue weighted by molar-refractivity contribution is 14.1. The van der Waals surface area contributed by atoms with Crippen molar-refractivity contribution < 1.29 is 119 Å². The summed E-state index contributed by atoms with van der Waals surface area (Å²) in [6.07, 6.45) is -1.22. The number of nitrogens with one attached hydrogen (secondary N) is 6. The molecule has 33 nitrogen and oxygen atoms in total. The minimum absolute atomic E-state index is 0.0237. The second-order valence-electron chi connectivity index (χ2n) is 23.1. The monoisotopic (exact) mass is 3710 g/mol. The predicted molar refractivity (Wildman–Crippen MR) is 594 cm³/mol. The van der Waals surface area contributed by atoms with E-state index in [2.05, 4.69) is 439 Å². The molecule has 0 saturated heterocycles. The van der Waals surface area contributed by atoms with Crippen LogP contribution in [0, 0.1) is 64.3 Å². The zero-order valence-corrected chi connectivity index (χ0v) is 100. The van der Waals surface area contributed by atoms with E-state index in [0.717, 1.165) is 75.8 Å². The molecule has 6 amide bonds. The van der Waals surface area contributed by atoms with Crippen molar-refractivity contribution in [2.75, 3.05) is 117 Å². The molecule has 0 atom stereocenters. The minimum atomic E-state index is -0.911. The summed E-state index contributed by atoms with van der Waals surface area (Å²) >= 11 is 38.3. The average molecular weight is 3710 g/mol.